The monoisotopic (exact) mass is 582 g/mol. The van der Waals surface area contributed by atoms with Crippen LogP contribution in [0, 0.1) is 0 Å². The number of H-pyrrole nitrogens is 1. The molecule has 0 radical (unpaired) electrons. The largest absolute Gasteiger partial charge is 0.433 e. The van der Waals surface area contributed by atoms with Gasteiger partial charge >= 0.3 is 6.18 Å². The number of hydrogen-bond acceptors (Lipinski definition) is 8. The van der Waals surface area contributed by atoms with Gasteiger partial charge in [0.1, 0.15) is 22.8 Å². The SMILES string of the molecule is CS(=O)(=O)c1cc([C@@H]2CCCCO2)ccc1Nc1cc(Nc2cccc(C(F)(F)F)n2)nc2[nH]c(C(F)F)nc12. The molecule has 5 rings (SSSR count). The molecule has 1 fully saturated rings. The van der Waals surface area contributed by atoms with E-state index in [4.69, 9.17) is 4.74 Å². The highest BCUT2D eigenvalue weighted by molar-refractivity contribution is 7.90. The molecule has 4 aromatic rings. The van der Waals surface area contributed by atoms with E-state index in [2.05, 4.69) is 30.6 Å². The smallest absolute Gasteiger partial charge is 0.374 e. The predicted octanol–water partition coefficient (Wildman–Crippen LogP) is 6.44. The van der Waals surface area contributed by atoms with E-state index < -0.39 is 34.0 Å². The van der Waals surface area contributed by atoms with Crippen molar-refractivity contribution in [2.24, 2.45) is 0 Å². The molecule has 1 aliphatic rings. The van der Waals surface area contributed by atoms with Gasteiger partial charge in [-0.25, -0.2) is 32.2 Å². The number of fused-ring (bicyclic) bond motifs is 1. The molecule has 0 unspecified atom stereocenters. The molecule has 0 amide bonds. The van der Waals surface area contributed by atoms with Crippen molar-refractivity contribution >= 4 is 44.0 Å². The quantitative estimate of drug-likeness (QED) is 0.213. The summed E-state index contributed by atoms with van der Waals surface area (Å²) < 4.78 is 97.5. The number of benzene rings is 1. The van der Waals surface area contributed by atoms with E-state index in [0.29, 0.717) is 12.2 Å². The van der Waals surface area contributed by atoms with Crippen molar-refractivity contribution in [2.75, 3.05) is 23.5 Å². The Morgan fingerprint density at radius 1 is 1.00 bits per heavy atom. The zero-order chi connectivity index (χ0) is 28.7. The van der Waals surface area contributed by atoms with Crippen LogP contribution in [-0.4, -0.2) is 41.2 Å². The van der Waals surface area contributed by atoms with Gasteiger partial charge in [-0.15, -0.1) is 0 Å². The molecule has 1 aromatic carbocycles. The summed E-state index contributed by atoms with van der Waals surface area (Å²) in [7, 11) is -3.77. The lowest BCUT2D eigenvalue weighted by molar-refractivity contribution is -0.141. The van der Waals surface area contributed by atoms with Crippen LogP contribution >= 0.6 is 0 Å². The van der Waals surface area contributed by atoms with Gasteiger partial charge in [0.2, 0.25) is 0 Å². The summed E-state index contributed by atoms with van der Waals surface area (Å²) in [5, 5.41) is 5.58. The fourth-order valence-corrected chi connectivity index (χ4v) is 5.23. The molecule has 1 atom stereocenters. The number of ether oxygens (including phenoxy) is 1. The van der Waals surface area contributed by atoms with Crippen LogP contribution in [0.15, 0.2) is 47.4 Å². The van der Waals surface area contributed by atoms with E-state index in [1.807, 2.05) is 0 Å². The summed E-state index contributed by atoms with van der Waals surface area (Å²) in [4.78, 5) is 13.9. The number of imidazole rings is 1. The van der Waals surface area contributed by atoms with Gasteiger partial charge < -0.3 is 20.4 Å². The second-order valence-corrected chi connectivity index (χ2v) is 11.2. The summed E-state index contributed by atoms with van der Waals surface area (Å²) in [5.74, 6) is -0.942. The van der Waals surface area contributed by atoms with Gasteiger partial charge in [0.15, 0.2) is 21.3 Å². The first-order chi connectivity index (χ1) is 18.9. The van der Waals surface area contributed by atoms with Crippen LogP contribution in [0.2, 0.25) is 0 Å². The Balaban J connectivity index is 1.56. The second-order valence-electron chi connectivity index (χ2n) is 9.21. The van der Waals surface area contributed by atoms with Gasteiger partial charge in [-0.2, -0.15) is 13.2 Å². The maximum Gasteiger partial charge on any atom is 0.433 e. The van der Waals surface area contributed by atoms with E-state index in [1.54, 1.807) is 6.07 Å². The molecule has 9 nitrogen and oxygen atoms in total. The first-order valence-corrected chi connectivity index (χ1v) is 14.0. The lowest BCUT2D eigenvalue weighted by Crippen LogP contribution is -2.13. The molecule has 0 aliphatic carbocycles. The predicted molar refractivity (Wildman–Crippen MR) is 137 cm³/mol. The zero-order valence-corrected chi connectivity index (χ0v) is 21.7. The number of halogens is 5. The number of sulfone groups is 1. The van der Waals surface area contributed by atoms with Crippen molar-refractivity contribution < 1.29 is 35.1 Å². The van der Waals surface area contributed by atoms with Gasteiger partial charge in [-0.1, -0.05) is 12.1 Å². The number of aromatic amines is 1. The van der Waals surface area contributed by atoms with Gasteiger partial charge in [0.25, 0.3) is 6.43 Å². The third-order valence-electron chi connectivity index (χ3n) is 6.20. The first kappa shape index (κ1) is 27.7. The fraction of sp³-hybridized carbons (Fsp3) is 0.320. The summed E-state index contributed by atoms with van der Waals surface area (Å²) in [5.41, 5.74) is -0.380. The molecule has 4 heterocycles. The highest BCUT2D eigenvalue weighted by atomic mass is 32.2. The molecule has 0 saturated carbocycles. The highest BCUT2D eigenvalue weighted by Gasteiger charge is 2.32. The van der Waals surface area contributed by atoms with Crippen molar-refractivity contribution in [3.8, 4) is 0 Å². The molecule has 1 aliphatic heterocycles. The van der Waals surface area contributed by atoms with Crippen LogP contribution < -0.4 is 10.6 Å². The number of nitrogens with one attached hydrogen (secondary N) is 3. The van der Waals surface area contributed by atoms with Crippen LogP contribution in [0.5, 0.6) is 0 Å². The standard InChI is InChI=1S/C25H23F5N6O3S/c1-40(37,38)17-11-13(16-5-2-3-10-39-16)8-9-14(17)31-15-12-20(34-23-21(15)35-24(36-23)22(26)27)33-19-7-4-6-18(32-19)25(28,29)30/h4,6-9,11-12,16,22H,2-3,5,10H2,1H3,(H3,31,32,33,34,35,36)/t16-/m0/s1. The fourth-order valence-electron chi connectivity index (χ4n) is 4.36. The number of aromatic nitrogens is 4. The van der Waals surface area contributed by atoms with Crippen molar-refractivity contribution in [1.29, 1.82) is 0 Å². The molecule has 40 heavy (non-hydrogen) atoms. The first-order valence-electron chi connectivity index (χ1n) is 12.1. The highest BCUT2D eigenvalue weighted by Crippen LogP contribution is 2.36. The third-order valence-corrected chi connectivity index (χ3v) is 7.34. The molecule has 0 spiro atoms. The molecular weight excluding hydrogens is 559 g/mol. The molecule has 1 saturated heterocycles. The van der Waals surface area contributed by atoms with Crippen LogP contribution in [0.3, 0.4) is 0 Å². The molecule has 212 valence electrons. The Labute approximate surface area is 225 Å². The van der Waals surface area contributed by atoms with Gasteiger partial charge in [-0.05, 0) is 49.1 Å². The number of rotatable bonds is 7. The van der Waals surface area contributed by atoms with Crippen LogP contribution in [0.25, 0.3) is 11.2 Å². The Morgan fingerprint density at radius 2 is 1.80 bits per heavy atom. The summed E-state index contributed by atoms with van der Waals surface area (Å²) in [6, 6.07) is 9.30. The van der Waals surface area contributed by atoms with Gasteiger partial charge in [0.05, 0.1) is 22.4 Å². The van der Waals surface area contributed by atoms with E-state index >= 15 is 0 Å². The Morgan fingerprint density at radius 3 is 2.48 bits per heavy atom. The lowest BCUT2D eigenvalue weighted by Gasteiger charge is -2.24. The molecule has 15 heteroatoms. The Hall–Kier alpha value is -3.85. The van der Waals surface area contributed by atoms with E-state index in [0.717, 1.165) is 37.7 Å². The topological polar surface area (TPSA) is 122 Å². The Bertz CT molecular complexity index is 1650. The summed E-state index contributed by atoms with van der Waals surface area (Å²) in [6.07, 6.45) is -4.27. The molecular formula is C25H23F5N6O3S. The number of nitrogens with zero attached hydrogens (tertiary/aromatic N) is 3. The van der Waals surface area contributed by atoms with E-state index in [9.17, 15) is 30.4 Å². The number of alkyl halides is 5. The zero-order valence-electron chi connectivity index (χ0n) is 20.9. The van der Waals surface area contributed by atoms with Crippen LogP contribution in [-0.2, 0) is 20.8 Å². The molecule has 3 N–H and O–H groups in total. The van der Waals surface area contributed by atoms with Crippen molar-refractivity contribution in [3.63, 3.8) is 0 Å². The average Bonchev–Trinajstić information content (AvgIpc) is 3.34. The van der Waals surface area contributed by atoms with E-state index in [-0.39, 0.29) is 45.2 Å². The minimum atomic E-state index is -4.69. The maximum atomic E-state index is 13.4. The second kappa shape index (κ2) is 10.6. The number of pyridine rings is 2. The van der Waals surface area contributed by atoms with Crippen molar-refractivity contribution in [2.45, 2.75) is 42.9 Å². The van der Waals surface area contributed by atoms with E-state index in [1.165, 1.54) is 24.3 Å². The maximum absolute atomic E-state index is 13.4. The molecule has 0 bridgehead atoms. The lowest BCUT2D eigenvalue weighted by atomic mass is 10.0. The third kappa shape index (κ3) is 5.99. The van der Waals surface area contributed by atoms with Crippen molar-refractivity contribution in [3.05, 3.63) is 59.5 Å². The Kier molecular flexibility index (Phi) is 7.35. The summed E-state index contributed by atoms with van der Waals surface area (Å²) >= 11 is 0. The van der Waals surface area contributed by atoms with Crippen LogP contribution in [0.4, 0.5) is 45.0 Å². The molecule has 3 aromatic heterocycles. The number of anilines is 4. The van der Waals surface area contributed by atoms with Gasteiger partial charge in [-0.3, -0.25) is 0 Å². The van der Waals surface area contributed by atoms with Crippen LogP contribution in [0.1, 0.15) is 48.9 Å². The minimum absolute atomic E-state index is 0.0306. The minimum Gasteiger partial charge on any atom is -0.374 e. The normalized spacial score (nSPS) is 16.4. The van der Waals surface area contributed by atoms with Crippen molar-refractivity contribution in [1.82, 2.24) is 19.9 Å². The summed E-state index contributed by atoms with van der Waals surface area (Å²) in [6.45, 7) is 0.565. The average molecular weight is 583 g/mol. The number of hydrogen-bond donors (Lipinski definition) is 3. The van der Waals surface area contributed by atoms with Gasteiger partial charge in [0, 0.05) is 18.9 Å².